The molecular weight excluding hydrogens is 419 g/mol. The first-order chi connectivity index (χ1) is 14.2. The summed E-state index contributed by atoms with van der Waals surface area (Å²) in [5, 5.41) is 0. The highest BCUT2D eigenvalue weighted by Gasteiger charge is 2.41. The molecule has 166 valence electrons. The Hall–Kier alpha value is -1.65. The third-order valence-corrected chi connectivity index (χ3v) is 8.14. The van der Waals surface area contributed by atoms with E-state index in [1.807, 2.05) is 9.80 Å². The van der Waals surface area contributed by atoms with Gasteiger partial charge >= 0.3 is 6.18 Å². The van der Waals surface area contributed by atoms with Crippen molar-refractivity contribution >= 4 is 15.9 Å². The van der Waals surface area contributed by atoms with Crippen LogP contribution in [0.3, 0.4) is 0 Å². The number of likely N-dealkylation sites (tertiary alicyclic amines) is 1. The number of hydrogen-bond acceptors (Lipinski definition) is 4. The molecule has 3 fully saturated rings. The third-order valence-electron chi connectivity index (χ3n) is 6.19. The van der Waals surface area contributed by atoms with Crippen LogP contribution in [0.1, 0.15) is 31.2 Å². The smallest absolute Gasteiger partial charge is 0.341 e. The average molecular weight is 446 g/mol. The van der Waals surface area contributed by atoms with E-state index in [-0.39, 0.29) is 25.0 Å². The van der Waals surface area contributed by atoms with Crippen molar-refractivity contribution < 1.29 is 26.4 Å². The highest BCUT2D eigenvalue weighted by Crippen LogP contribution is 2.35. The fraction of sp³-hybridized carbons (Fsp3) is 0.650. The van der Waals surface area contributed by atoms with Crippen molar-refractivity contribution in [3.05, 3.63) is 29.8 Å². The van der Waals surface area contributed by atoms with Crippen LogP contribution >= 0.6 is 0 Å². The number of alkyl halides is 3. The average Bonchev–Trinajstić information content (AvgIpc) is 3.48. The van der Waals surface area contributed by atoms with Crippen molar-refractivity contribution in [2.24, 2.45) is 5.92 Å². The molecule has 0 spiro atoms. The molecule has 1 amide bonds. The van der Waals surface area contributed by atoms with Gasteiger partial charge in [0, 0.05) is 39.3 Å². The normalized spacial score (nSPS) is 25.0. The zero-order valence-corrected chi connectivity index (χ0v) is 17.5. The summed E-state index contributed by atoms with van der Waals surface area (Å²) in [6, 6.07) is 4.04. The minimum Gasteiger partial charge on any atom is -0.341 e. The lowest BCUT2D eigenvalue weighted by Crippen LogP contribution is -2.44. The molecule has 1 aromatic carbocycles. The van der Waals surface area contributed by atoms with Gasteiger partial charge in [0.25, 0.3) is 0 Å². The first-order valence-electron chi connectivity index (χ1n) is 10.4. The van der Waals surface area contributed by atoms with Gasteiger partial charge in [-0.15, -0.1) is 0 Å². The predicted molar refractivity (Wildman–Crippen MR) is 104 cm³/mol. The molecule has 10 heteroatoms. The van der Waals surface area contributed by atoms with E-state index in [9.17, 15) is 26.4 Å². The van der Waals surface area contributed by atoms with Crippen LogP contribution in [-0.2, 0) is 21.0 Å². The molecule has 1 atom stereocenters. The minimum atomic E-state index is -4.75. The Morgan fingerprint density at radius 2 is 1.70 bits per heavy atom. The van der Waals surface area contributed by atoms with Gasteiger partial charge < -0.3 is 4.90 Å². The number of halogens is 3. The number of amides is 1. The van der Waals surface area contributed by atoms with Crippen LogP contribution in [0, 0.1) is 5.92 Å². The van der Waals surface area contributed by atoms with Crippen molar-refractivity contribution in [3.63, 3.8) is 0 Å². The lowest BCUT2D eigenvalue weighted by molar-refractivity contribution is -0.140. The first kappa shape index (κ1) is 21.6. The SMILES string of the molecule is O=C1[C@H](N2CCCN(S(=O)(=O)c3ccccc3C(F)(F)F)CC2)CCN1CC1CC1. The van der Waals surface area contributed by atoms with Crippen LogP contribution in [-0.4, -0.2) is 73.7 Å². The Balaban J connectivity index is 1.46. The maximum atomic E-state index is 13.3. The Morgan fingerprint density at radius 1 is 0.967 bits per heavy atom. The van der Waals surface area contributed by atoms with Crippen LogP contribution in [0.2, 0.25) is 0 Å². The van der Waals surface area contributed by atoms with Gasteiger partial charge in [-0.1, -0.05) is 12.1 Å². The Labute approximate surface area is 174 Å². The standard InChI is InChI=1S/C20H26F3N3O3S/c21-20(22,23)16-4-1-2-5-18(16)30(28,29)26-10-3-9-24(12-13-26)17-8-11-25(19(17)27)14-15-6-7-15/h1-2,4-5,15,17H,3,6-14H2/t17-/m1/s1. The number of nitrogens with zero attached hydrogens (tertiary/aromatic N) is 3. The van der Waals surface area contributed by atoms with Crippen LogP contribution in [0.15, 0.2) is 29.2 Å². The molecule has 0 bridgehead atoms. The molecule has 1 aromatic rings. The molecule has 30 heavy (non-hydrogen) atoms. The Morgan fingerprint density at radius 3 is 2.40 bits per heavy atom. The third kappa shape index (κ3) is 4.36. The molecule has 1 aliphatic carbocycles. The lowest BCUT2D eigenvalue weighted by Gasteiger charge is -2.27. The summed E-state index contributed by atoms with van der Waals surface area (Å²) in [6.45, 7) is 2.62. The molecule has 0 aromatic heterocycles. The topological polar surface area (TPSA) is 60.9 Å². The molecule has 3 aliphatic rings. The fourth-order valence-electron chi connectivity index (χ4n) is 4.39. The summed E-state index contributed by atoms with van der Waals surface area (Å²) < 4.78 is 67.1. The van der Waals surface area contributed by atoms with Gasteiger partial charge in [0.1, 0.15) is 0 Å². The largest absolute Gasteiger partial charge is 0.417 e. The summed E-state index contributed by atoms with van der Waals surface area (Å²) >= 11 is 0. The highest BCUT2D eigenvalue weighted by molar-refractivity contribution is 7.89. The minimum absolute atomic E-state index is 0.0704. The van der Waals surface area contributed by atoms with Gasteiger partial charge in [0.2, 0.25) is 15.9 Å². The number of carbonyl (C=O) groups excluding carboxylic acids is 1. The monoisotopic (exact) mass is 445 g/mol. The van der Waals surface area contributed by atoms with Crippen molar-refractivity contribution in [2.45, 2.75) is 42.8 Å². The zero-order chi connectivity index (χ0) is 21.5. The van der Waals surface area contributed by atoms with E-state index >= 15 is 0 Å². The number of benzene rings is 1. The molecule has 4 rings (SSSR count). The number of sulfonamides is 1. The molecule has 2 heterocycles. The van der Waals surface area contributed by atoms with E-state index in [0.717, 1.165) is 35.9 Å². The van der Waals surface area contributed by atoms with E-state index < -0.39 is 26.7 Å². The Kier molecular flexibility index (Phi) is 5.84. The summed E-state index contributed by atoms with van der Waals surface area (Å²) in [5.41, 5.74) is -1.15. The molecule has 0 unspecified atom stereocenters. The number of rotatable bonds is 5. The molecule has 2 aliphatic heterocycles. The van der Waals surface area contributed by atoms with E-state index in [4.69, 9.17) is 0 Å². The maximum absolute atomic E-state index is 13.3. The van der Waals surface area contributed by atoms with Gasteiger partial charge in [-0.25, -0.2) is 8.42 Å². The maximum Gasteiger partial charge on any atom is 0.417 e. The first-order valence-corrected chi connectivity index (χ1v) is 11.8. The van der Waals surface area contributed by atoms with Crippen LogP contribution in [0.25, 0.3) is 0 Å². The quantitative estimate of drug-likeness (QED) is 0.699. The van der Waals surface area contributed by atoms with E-state index in [2.05, 4.69) is 0 Å². The van der Waals surface area contributed by atoms with Crippen molar-refractivity contribution in [2.75, 3.05) is 39.3 Å². The van der Waals surface area contributed by atoms with Crippen LogP contribution in [0.4, 0.5) is 13.2 Å². The van der Waals surface area contributed by atoms with Gasteiger partial charge in [-0.3, -0.25) is 9.69 Å². The number of carbonyl (C=O) groups is 1. The van der Waals surface area contributed by atoms with E-state index in [0.29, 0.717) is 25.4 Å². The summed E-state index contributed by atoms with van der Waals surface area (Å²) in [4.78, 5) is 16.0. The van der Waals surface area contributed by atoms with Crippen molar-refractivity contribution in [1.29, 1.82) is 0 Å². The van der Waals surface area contributed by atoms with Gasteiger partial charge in [-0.05, 0) is 43.7 Å². The van der Waals surface area contributed by atoms with Gasteiger partial charge in [0.05, 0.1) is 16.5 Å². The van der Waals surface area contributed by atoms with Gasteiger partial charge in [-0.2, -0.15) is 17.5 Å². The second kappa shape index (κ2) is 8.12. The second-order valence-corrected chi connectivity index (χ2v) is 10.2. The van der Waals surface area contributed by atoms with Crippen LogP contribution in [0.5, 0.6) is 0 Å². The highest BCUT2D eigenvalue weighted by atomic mass is 32.2. The zero-order valence-electron chi connectivity index (χ0n) is 16.6. The van der Waals surface area contributed by atoms with E-state index in [1.165, 1.54) is 25.0 Å². The van der Waals surface area contributed by atoms with Gasteiger partial charge in [0.15, 0.2) is 0 Å². The molecule has 1 saturated carbocycles. The predicted octanol–water partition coefficient (Wildman–Crippen LogP) is 2.41. The second-order valence-electron chi connectivity index (χ2n) is 8.32. The lowest BCUT2D eigenvalue weighted by atomic mass is 10.2. The Bertz CT molecular complexity index is 902. The number of hydrogen-bond donors (Lipinski definition) is 0. The summed E-state index contributed by atoms with van der Waals surface area (Å²) in [6.07, 6.45) is -1.22. The summed E-state index contributed by atoms with van der Waals surface area (Å²) in [5.74, 6) is 0.715. The molecule has 2 saturated heterocycles. The molecule has 6 nitrogen and oxygen atoms in total. The fourth-order valence-corrected chi connectivity index (χ4v) is 6.07. The summed E-state index contributed by atoms with van der Waals surface area (Å²) in [7, 11) is -4.29. The van der Waals surface area contributed by atoms with E-state index in [1.54, 1.807) is 0 Å². The van der Waals surface area contributed by atoms with Crippen molar-refractivity contribution in [3.8, 4) is 0 Å². The molecule has 0 radical (unpaired) electrons. The molecular formula is C20H26F3N3O3S. The molecule has 0 N–H and O–H groups in total. The van der Waals surface area contributed by atoms with Crippen LogP contribution < -0.4 is 0 Å². The van der Waals surface area contributed by atoms with Crippen molar-refractivity contribution in [1.82, 2.24) is 14.1 Å².